The number of nitrogens with zero attached hydrogens (tertiary/aromatic N) is 4. The quantitative estimate of drug-likeness (QED) is 0.206. The summed E-state index contributed by atoms with van der Waals surface area (Å²) in [6, 6.07) is 8.16. The second kappa shape index (κ2) is 13.8. The van der Waals surface area contributed by atoms with Crippen molar-refractivity contribution in [2.45, 2.75) is 89.6 Å². The molecule has 0 aliphatic carbocycles. The highest BCUT2D eigenvalue weighted by Gasteiger charge is 2.61. The monoisotopic (exact) mass is 686 g/mol. The lowest BCUT2D eigenvalue weighted by molar-refractivity contribution is -0.295. The number of carboxylic acid groups (broad SMARTS) is 1. The summed E-state index contributed by atoms with van der Waals surface area (Å²) in [5.41, 5.74) is -7.77. The van der Waals surface area contributed by atoms with Crippen molar-refractivity contribution in [3.8, 4) is 17.5 Å². The molecule has 2 aromatic heterocycles. The minimum atomic E-state index is -5.20. The number of carbonyl (C=O) groups excluding carboxylic acids is 1. The van der Waals surface area contributed by atoms with Gasteiger partial charge in [-0.2, -0.15) is 31.2 Å². The van der Waals surface area contributed by atoms with Crippen LogP contribution in [0.15, 0.2) is 53.0 Å². The zero-order valence-electron chi connectivity index (χ0n) is 26.2. The Hall–Kier alpha value is -4.67. The predicted octanol–water partition coefficient (Wildman–Crippen LogP) is 8.44. The smallest absolute Gasteiger partial charge is 0.426 e. The molecular formula is C31H32F6N4O7. The summed E-state index contributed by atoms with van der Waals surface area (Å²) in [7, 11) is 0. The molecule has 260 valence electrons. The highest BCUT2D eigenvalue weighted by molar-refractivity contribution is 6.10. The van der Waals surface area contributed by atoms with Crippen molar-refractivity contribution in [2.24, 2.45) is 0 Å². The van der Waals surface area contributed by atoms with E-state index in [1.807, 2.05) is 0 Å². The number of benzene rings is 1. The fourth-order valence-electron chi connectivity index (χ4n) is 4.64. The van der Waals surface area contributed by atoms with Gasteiger partial charge in [-0.1, -0.05) is 49.4 Å². The third kappa shape index (κ3) is 8.06. The summed E-state index contributed by atoms with van der Waals surface area (Å²) in [6.07, 6.45) is -13.0. The first-order chi connectivity index (χ1) is 22.4. The van der Waals surface area contributed by atoms with Crippen molar-refractivity contribution < 1.29 is 59.7 Å². The van der Waals surface area contributed by atoms with Gasteiger partial charge in [-0.3, -0.25) is 0 Å². The molecule has 2 unspecified atom stereocenters. The van der Waals surface area contributed by atoms with Crippen molar-refractivity contribution in [1.29, 1.82) is 0 Å². The maximum atomic E-state index is 15.0. The van der Waals surface area contributed by atoms with E-state index in [-0.39, 0.29) is 30.2 Å². The van der Waals surface area contributed by atoms with E-state index in [1.165, 1.54) is 45.1 Å². The molecule has 0 saturated carbocycles. The first-order valence-electron chi connectivity index (χ1n) is 14.6. The lowest BCUT2D eigenvalue weighted by Crippen LogP contribution is -2.45. The number of hydrogen-bond acceptors (Lipinski definition) is 9. The van der Waals surface area contributed by atoms with E-state index in [0.29, 0.717) is 5.56 Å². The van der Waals surface area contributed by atoms with Crippen molar-refractivity contribution in [1.82, 2.24) is 15.2 Å². The van der Waals surface area contributed by atoms with Gasteiger partial charge in [0.15, 0.2) is 5.69 Å². The van der Waals surface area contributed by atoms with Crippen LogP contribution in [-0.2, 0) is 27.9 Å². The lowest BCUT2D eigenvalue weighted by atomic mass is 9.97. The Kier molecular flexibility index (Phi) is 10.4. The first kappa shape index (κ1) is 36.2. The largest absolute Gasteiger partial charge is 0.474 e. The van der Waals surface area contributed by atoms with Crippen LogP contribution in [0.4, 0.5) is 41.6 Å². The van der Waals surface area contributed by atoms with Crippen LogP contribution in [0.2, 0.25) is 0 Å². The second-order valence-electron chi connectivity index (χ2n) is 11.7. The number of hydrogen-bond donors (Lipinski definition) is 1. The summed E-state index contributed by atoms with van der Waals surface area (Å²) in [5.74, 6) is -3.16. The fraction of sp³-hybridized carbons (Fsp3) is 0.452. The Morgan fingerprint density at radius 3 is 2.33 bits per heavy atom. The number of ether oxygens (including phenoxy) is 3. The minimum absolute atomic E-state index is 0.0739. The number of allylic oxidation sites excluding steroid dienone is 1. The molecule has 1 aliphatic rings. The van der Waals surface area contributed by atoms with E-state index in [0.717, 1.165) is 0 Å². The fourth-order valence-corrected chi connectivity index (χ4v) is 4.64. The van der Waals surface area contributed by atoms with Gasteiger partial charge in [-0.25, -0.2) is 14.6 Å². The van der Waals surface area contributed by atoms with E-state index in [4.69, 9.17) is 18.6 Å². The van der Waals surface area contributed by atoms with Crippen LogP contribution in [0.5, 0.6) is 5.88 Å². The molecule has 2 atom stereocenters. The summed E-state index contributed by atoms with van der Waals surface area (Å²) >= 11 is 0. The molecule has 4 bridgehead atoms. The molecule has 3 aromatic rings. The highest BCUT2D eigenvalue weighted by Crippen LogP contribution is 2.47. The van der Waals surface area contributed by atoms with Gasteiger partial charge >= 0.3 is 24.5 Å². The third-order valence-electron chi connectivity index (χ3n) is 7.00. The lowest BCUT2D eigenvalue weighted by Gasteiger charge is -2.32. The van der Waals surface area contributed by atoms with Crippen LogP contribution < -0.4 is 9.64 Å². The number of fused-ring (bicyclic) bond motifs is 5. The van der Waals surface area contributed by atoms with E-state index in [9.17, 15) is 27.9 Å². The van der Waals surface area contributed by atoms with Gasteiger partial charge in [0.1, 0.15) is 17.3 Å². The van der Waals surface area contributed by atoms with Crippen LogP contribution >= 0.6 is 0 Å². The molecule has 1 aliphatic heterocycles. The van der Waals surface area contributed by atoms with Gasteiger partial charge in [0.05, 0.1) is 12.3 Å². The number of halogens is 6. The van der Waals surface area contributed by atoms with E-state index in [1.54, 1.807) is 25.1 Å². The van der Waals surface area contributed by atoms with Gasteiger partial charge in [0.25, 0.3) is 11.8 Å². The van der Waals surface area contributed by atoms with E-state index in [2.05, 4.69) is 15.2 Å². The molecule has 4 rings (SSSR count). The van der Waals surface area contributed by atoms with Crippen molar-refractivity contribution >= 4 is 17.9 Å². The molecule has 0 saturated heterocycles. The average molecular weight is 687 g/mol. The Morgan fingerprint density at radius 2 is 1.75 bits per heavy atom. The van der Waals surface area contributed by atoms with Gasteiger partial charge in [-0.05, 0) is 51.7 Å². The Morgan fingerprint density at radius 1 is 1.06 bits per heavy atom. The zero-order valence-corrected chi connectivity index (χ0v) is 26.2. The molecule has 11 nitrogen and oxygen atoms in total. The summed E-state index contributed by atoms with van der Waals surface area (Å²) in [5, 5.41) is 17.2. The maximum Gasteiger partial charge on any atom is 0.426 e. The second-order valence-corrected chi connectivity index (χ2v) is 11.7. The van der Waals surface area contributed by atoms with Gasteiger partial charge < -0.3 is 23.7 Å². The van der Waals surface area contributed by atoms with Crippen LogP contribution in [0.1, 0.15) is 70.4 Å². The normalized spacial score (nSPS) is 18.8. The van der Waals surface area contributed by atoms with Crippen molar-refractivity contribution in [2.75, 3.05) is 4.90 Å². The summed E-state index contributed by atoms with van der Waals surface area (Å²) < 4.78 is 110. The number of amides is 2. The summed E-state index contributed by atoms with van der Waals surface area (Å²) in [6.45, 7) is 5.19. The van der Waals surface area contributed by atoms with Crippen LogP contribution in [-0.4, -0.2) is 50.4 Å². The summed E-state index contributed by atoms with van der Waals surface area (Å²) in [4.78, 5) is 29.1. The Bertz CT molecular complexity index is 1640. The minimum Gasteiger partial charge on any atom is -0.474 e. The molecule has 1 aromatic carbocycles. The first-order valence-corrected chi connectivity index (χ1v) is 14.6. The van der Waals surface area contributed by atoms with Crippen molar-refractivity contribution in [3.63, 3.8) is 0 Å². The van der Waals surface area contributed by atoms with Crippen molar-refractivity contribution in [3.05, 3.63) is 65.6 Å². The Labute approximate surface area is 270 Å². The number of rotatable bonds is 5. The zero-order chi connectivity index (χ0) is 35.5. The standard InChI is InChI=1S/C31H32F6N4O7/c1-5-19-14-10-7-11-15-29(31(35,36)37,45-17-18-12-8-6-9-13-18)25-40-39-24(47-25)22-21(16-20(30(32,33)34)23(38-22)46-19)41(26(42)43)27(44)48-28(2,3)4/h6-9,11-13,16,19H,5,10,14-15,17H2,1-4H3,(H,42,43). The van der Waals surface area contributed by atoms with E-state index < -0.39 is 89.5 Å². The average Bonchev–Trinajstić information content (AvgIpc) is 3.46. The SMILES string of the molecule is CCC1CCC=CCC(OCc2ccccc2)(C(F)(F)F)c2nnc(o2)-c2nc(c(C(F)(F)F)cc2N(C(=O)O)C(=O)OC(C)(C)C)O1. The molecule has 2 amide bonds. The predicted molar refractivity (Wildman–Crippen MR) is 156 cm³/mol. The number of imide groups is 1. The molecule has 0 fully saturated rings. The maximum absolute atomic E-state index is 15.0. The number of carbonyl (C=O) groups is 2. The molecule has 3 heterocycles. The van der Waals surface area contributed by atoms with Gasteiger partial charge in [0, 0.05) is 6.42 Å². The molecule has 0 radical (unpaired) electrons. The molecular weight excluding hydrogens is 654 g/mol. The van der Waals surface area contributed by atoms with Crippen LogP contribution in [0.3, 0.4) is 0 Å². The number of alkyl halides is 6. The number of anilines is 1. The van der Waals surface area contributed by atoms with Crippen LogP contribution in [0, 0.1) is 0 Å². The highest BCUT2D eigenvalue weighted by atomic mass is 19.4. The van der Waals surface area contributed by atoms with Crippen LogP contribution in [0.25, 0.3) is 11.6 Å². The van der Waals surface area contributed by atoms with E-state index >= 15 is 13.2 Å². The Balaban J connectivity index is 2.01. The van der Waals surface area contributed by atoms with Gasteiger partial charge in [-0.15, -0.1) is 10.2 Å². The number of pyridine rings is 1. The molecule has 17 heteroatoms. The third-order valence-corrected chi connectivity index (χ3v) is 7.00. The molecule has 1 N–H and O–H groups in total. The number of aromatic nitrogens is 3. The molecule has 48 heavy (non-hydrogen) atoms. The van der Waals surface area contributed by atoms with Gasteiger partial charge in [0.2, 0.25) is 11.5 Å². The molecule has 0 spiro atoms. The topological polar surface area (TPSA) is 137 Å².